The first-order chi connectivity index (χ1) is 8.75. The molecule has 0 spiro atoms. The fourth-order valence-corrected chi connectivity index (χ4v) is 1.37. The summed E-state index contributed by atoms with van der Waals surface area (Å²) < 4.78 is 0. The van der Waals surface area contributed by atoms with Gasteiger partial charge in [0.15, 0.2) is 5.95 Å². The molecule has 2 heterocycles. The number of carbonyl (C=O) groups excluding carboxylic acids is 1. The van der Waals surface area contributed by atoms with Gasteiger partial charge in [-0.1, -0.05) is 6.08 Å². The minimum atomic E-state index is -0.156. The van der Waals surface area contributed by atoms with Gasteiger partial charge in [0.2, 0.25) is 0 Å². The third kappa shape index (κ3) is 3.18. The Bertz CT molecular complexity index is 547. The summed E-state index contributed by atoms with van der Waals surface area (Å²) in [4.78, 5) is 22.2. The van der Waals surface area contributed by atoms with Crippen molar-refractivity contribution in [3.63, 3.8) is 0 Å². The molecule has 0 aliphatic carbocycles. The van der Waals surface area contributed by atoms with E-state index in [1.807, 2.05) is 0 Å². The third-order valence-electron chi connectivity index (χ3n) is 2.22. The highest BCUT2D eigenvalue weighted by molar-refractivity contribution is 5.93. The second-order valence-electron chi connectivity index (χ2n) is 3.58. The van der Waals surface area contributed by atoms with Crippen molar-refractivity contribution in [2.75, 3.05) is 12.3 Å². The number of nitrogens with one attached hydrogen (secondary N) is 2. The molecule has 0 aliphatic rings. The average Bonchev–Trinajstić information content (AvgIpc) is 2.81. The molecule has 92 valence electrons. The quantitative estimate of drug-likeness (QED) is 0.741. The van der Waals surface area contributed by atoms with Gasteiger partial charge in [-0.25, -0.2) is 4.98 Å². The zero-order chi connectivity index (χ0) is 12.8. The van der Waals surface area contributed by atoms with E-state index in [1.54, 1.807) is 36.7 Å². The molecule has 1 amide bonds. The number of pyridine rings is 1. The van der Waals surface area contributed by atoms with Crippen molar-refractivity contribution in [3.8, 4) is 0 Å². The molecule has 6 nitrogen and oxygen atoms in total. The minimum absolute atomic E-state index is 0.156. The molecule has 0 saturated carbocycles. The van der Waals surface area contributed by atoms with Crippen LogP contribution in [0.1, 0.15) is 16.1 Å². The number of rotatable bonds is 4. The maximum Gasteiger partial charge on any atom is 0.253 e. The summed E-state index contributed by atoms with van der Waals surface area (Å²) in [5, 5.41) is 2.74. The number of H-pyrrole nitrogens is 1. The lowest BCUT2D eigenvalue weighted by Gasteiger charge is -2.00. The van der Waals surface area contributed by atoms with Crippen molar-refractivity contribution < 1.29 is 4.79 Å². The molecule has 0 radical (unpaired) electrons. The van der Waals surface area contributed by atoms with Crippen molar-refractivity contribution in [2.24, 2.45) is 0 Å². The van der Waals surface area contributed by atoms with Crippen LogP contribution in [0.4, 0.5) is 5.95 Å². The van der Waals surface area contributed by atoms with Gasteiger partial charge in [0.1, 0.15) is 0 Å². The summed E-state index contributed by atoms with van der Waals surface area (Å²) in [6.07, 6.45) is 8.37. The monoisotopic (exact) mass is 243 g/mol. The molecule has 0 saturated heterocycles. The van der Waals surface area contributed by atoms with Crippen LogP contribution < -0.4 is 11.1 Å². The summed E-state index contributed by atoms with van der Waals surface area (Å²) in [7, 11) is 0. The molecule has 0 atom stereocenters. The standard InChI is InChI=1S/C12H13N5O/c13-12-16-8-10(17-12)4-2-6-15-11(18)9-3-1-5-14-7-9/h1-5,7-8H,6H2,(H,15,18)(H3,13,16,17)/b4-2+. The Morgan fingerprint density at radius 3 is 3.06 bits per heavy atom. The van der Waals surface area contributed by atoms with E-state index in [0.717, 1.165) is 5.69 Å². The molecule has 2 aromatic rings. The summed E-state index contributed by atoms with van der Waals surface area (Å²) >= 11 is 0. The lowest BCUT2D eigenvalue weighted by atomic mass is 10.3. The van der Waals surface area contributed by atoms with E-state index in [2.05, 4.69) is 20.3 Å². The van der Waals surface area contributed by atoms with E-state index >= 15 is 0 Å². The summed E-state index contributed by atoms with van der Waals surface area (Å²) in [6.45, 7) is 0.423. The van der Waals surface area contributed by atoms with Gasteiger partial charge in [0.25, 0.3) is 5.91 Å². The SMILES string of the molecule is Nc1ncc(/C=C/CNC(=O)c2cccnc2)[nH]1. The van der Waals surface area contributed by atoms with Crippen molar-refractivity contribution in [2.45, 2.75) is 0 Å². The topological polar surface area (TPSA) is 96.7 Å². The number of hydrogen-bond donors (Lipinski definition) is 3. The number of imidazole rings is 1. The Labute approximate surface area is 104 Å². The molecule has 0 aromatic carbocycles. The minimum Gasteiger partial charge on any atom is -0.369 e. The molecule has 4 N–H and O–H groups in total. The highest BCUT2D eigenvalue weighted by Crippen LogP contribution is 1.99. The van der Waals surface area contributed by atoms with Gasteiger partial charge in [0.05, 0.1) is 17.5 Å². The lowest BCUT2D eigenvalue weighted by molar-refractivity contribution is 0.0957. The first-order valence-corrected chi connectivity index (χ1v) is 5.41. The number of aromatic nitrogens is 3. The van der Waals surface area contributed by atoms with Gasteiger partial charge < -0.3 is 16.0 Å². The van der Waals surface area contributed by atoms with E-state index in [4.69, 9.17) is 5.73 Å². The lowest BCUT2D eigenvalue weighted by Crippen LogP contribution is -2.23. The number of carbonyl (C=O) groups is 1. The predicted octanol–water partition coefficient (Wildman–Crippen LogP) is 0.830. The molecular formula is C12H13N5O. The van der Waals surface area contributed by atoms with Crippen LogP contribution in [0.15, 0.2) is 36.8 Å². The first-order valence-electron chi connectivity index (χ1n) is 5.41. The Morgan fingerprint density at radius 2 is 2.39 bits per heavy atom. The number of nitrogen functional groups attached to an aromatic ring is 1. The largest absolute Gasteiger partial charge is 0.369 e. The summed E-state index contributed by atoms with van der Waals surface area (Å²) in [6, 6.07) is 3.43. The molecule has 0 aliphatic heterocycles. The Kier molecular flexibility index (Phi) is 3.70. The van der Waals surface area contributed by atoms with Crippen molar-refractivity contribution in [1.29, 1.82) is 0 Å². The zero-order valence-electron chi connectivity index (χ0n) is 9.63. The van der Waals surface area contributed by atoms with Gasteiger partial charge in [-0.3, -0.25) is 9.78 Å². The first kappa shape index (κ1) is 11.8. The van der Waals surface area contributed by atoms with Crippen LogP contribution in [0.2, 0.25) is 0 Å². The summed E-state index contributed by atoms with van der Waals surface area (Å²) in [5.41, 5.74) is 6.76. The van der Waals surface area contributed by atoms with Crippen LogP contribution >= 0.6 is 0 Å². The maximum absolute atomic E-state index is 11.6. The van der Waals surface area contributed by atoms with Crippen molar-refractivity contribution in [1.82, 2.24) is 20.3 Å². The Morgan fingerprint density at radius 1 is 1.50 bits per heavy atom. The second kappa shape index (κ2) is 5.62. The number of nitrogens with two attached hydrogens (primary N) is 1. The van der Waals surface area contributed by atoms with E-state index in [9.17, 15) is 4.79 Å². The smallest absolute Gasteiger partial charge is 0.253 e. The van der Waals surface area contributed by atoms with E-state index < -0.39 is 0 Å². The highest BCUT2D eigenvalue weighted by atomic mass is 16.1. The molecule has 0 bridgehead atoms. The van der Waals surface area contributed by atoms with Gasteiger partial charge in [-0.15, -0.1) is 0 Å². The van der Waals surface area contributed by atoms with Crippen LogP contribution in [0, 0.1) is 0 Å². The third-order valence-corrected chi connectivity index (χ3v) is 2.22. The van der Waals surface area contributed by atoms with Gasteiger partial charge in [0, 0.05) is 18.9 Å². The maximum atomic E-state index is 11.6. The van der Waals surface area contributed by atoms with Crippen LogP contribution in [-0.4, -0.2) is 27.4 Å². The Hall–Kier alpha value is -2.63. The summed E-state index contributed by atoms with van der Waals surface area (Å²) in [5.74, 6) is 0.214. The van der Waals surface area contributed by atoms with Gasteiger partial charge >= 0.3 is 0 Å². The van der Waals surface area contributed by atoms with Crippen LogP contribution in [0.25, 0.3) is 6.08 Å². The molecule has 6 heteroatoms. The second-order valence-corrected chi connectivity index (χ2v) is 3.58. The van der Waals surface area contributed by atoms with E-state index in [0.29, 0.717) is 18.1 Å². The Balaban J connectivity index is 1.82. The average molecular weight is 243 g/mol. The fraction of sp³-hybridized carbons (Fsp3) is 0.0833. The molecule has 2 aromatic heterocycles. The van der Waals surface area contributed by atoms with Crippen LogP contribution in [-0.2, 0) is 0 Å². The highest BCUT2D eigenvalue weighted by Gasteiger charge is 2.02. The number of aromatic amines is 1. The van der Waals surface area contributed by atoms with Crippen molar-refractivity contribution in [3.05, 3.63) is 48.1 Å². The molecular weight excluding hydrogens is 230 g/mol. The van der Waals surface area contributed by atoms with Gasteiger partial charge in [-0.2, -0.15) is 0 Å². The number of amides is 1. The van der Waals surface area contributed by atoms with E-state index in [-0.39, 0.29) is 5.91 Å². The normalized spacial score (nSPS) is 10.7. The molecule has 0 unspecified atom stereocenters. The van der Waals surface area contributed by atoms with Crippen molar-refractivity contribution >= 4 is 17.9 Å². The fourth-order valence-electron chi connectivity index (χ4n) is 1.37. The number of hydrogen-bond acceptors (Lipinski definition) is 4. The molecule has 2 rings (SSSR count). The van der Waals surface area contributed by atoms with E-state index in [1.165, 1.54) is 6.20 Å². The van der Waals surface area contributed by atoms with Crippen LogP contribution in [0.3, 0.4) is 0 Å². The zero-order valence-corrected chi connectivity index (χ0v) is 9.63. The molecule has 18 heavy (non-hydrogen) atoms. The van der Waals surface area contributed by atoms with Crippen LogP contribution in [0.5, 0.6) is 0 Å². The number of anilines is 1. The number of nitrogens with zero attached hydrogens (tertiary/aromatic N) is 2. The molecule has 0 fully saturated rings. The van der Waals surface area contributed by atoms with Gasteiger partial charge in [-0.05, 0) is 18.2 Å². The predicted molar refractivity (Wildman–Crippen MR) is 68.6 cm³/mol.